The van der Waals surface area contributed by atoms with Crippen molar-refractivity contribution in [2.75, 3.05) is 26.4 Å². The number of rotatable bonds is 9. The second-order valence-corrected chi connectivity index (χ2v) is 7.77. The maximum Gasteiger partial charge on any atom is 0.502 e. The minimum absolute atomic E-state index is 0.235. The van der Waals surface area contributed by atoms with Crippen LogP contribution in [0, 0.1) is 0 Å². The summed E-state index contributed by atoms with van der Waals surface area (Å²) in [6.45, 7) is 7.26. The molecule has 0 aromatic heterocycles. The first-order valence-corrected chi connectivity index (χ1v) is 9.88. The van der Waals surface area contributed by atoms with E-state index in [0.29, 0.717) is 37.0 Å². The highest BCUT2D eigenvalue weighted by molar-refractivity contribution is 6.60. The van der Waals surface area contributed by atoms with Crippen LogP contribution >= 0.6 is 0 Å². The fourth-order valence-corrected chi connectivity index (χ4v) is 5.19. The number of fused-ring (bicyclic) bond motifs is 1. The van der Waals surface area contributed by atoms with E-state index >= 15 is 0 Å². The third-order valence-corrected chi connectivity index (χ3v) is 6.63. The fraction of sp³-hybridized carbons (Fsp3) is 0.500. The molecule has 0 fully saturated rings. The van der Waals surface area contributed by atoms with E-state index in [-0.39, 0.29) is 18.4 Å². The van der Waals surface area contributed by atoms with E-state index in [1.54, 1.807) is 24.3 Å². The van der Waals surface area contributed by atoms with Crippen molar-refractivity contribution < 1.29 is 22.9 Å². The lowest BCUT2D eigenvalue weighted by Gasteiger charge is -2.29. The van der Waals surface area contributed by atoms with E-state index in [1.165, 1.54) is 4.90 Å². The second-order valence-electron chi connectivity index (χ2n) is 5.04. The van der Waals surface area contributed by atoms with Crippen molar-refractivity contribution in [3.05, 3.63) is 35.4 Å². The third kappa shape index (κ3) is 3.69. The molecule has 0 radical (unpaired) electrons. The molecular weight excluding hydrogens is 314 g/mol. The van der Waals surface area contributed by atoms with Crippen molar-refractivity contribution in [2.24, 2.45) is 0 Å². The van der Waals surface area contributed by atoms with E-state index in [4.69, 9.17) is 13.3 Å². The number of carbonyl (C=O) groups is 2. The Bertz CT molecular complexity index is 525. The van der Waals surface area contributed by atoms with Gasteiger partial charge in [-0.3, -0.25) is 14.5 Å². The molecular formula is C16H23NO5Si. The molecule has 0 N–H and O–H groups in total. The third-order valence-electron chi connectivity index (χ3n) is 3.61. The van der Waals surface area contributed by atoms with Gasteiger partial charge in [-0.2, -0.15) is 0 Å². The van der Waals surface area contributed by atoms with Crippen molar-refractivity contribution in [3.8, 4) is 0 Å². The zero-order valence-electron chi connectivity index (χ0n) is 13.8. The average molecular weight is 337 g/mol. The lowest BCUT2D eigenvalue weighted by Crippen LogP contribution is -2.49. The van der Waals surface area contributed by atoms with Crippen molar-refractivity contribution in [3.63, 3.8) is 0 Å². The molecule has 0 spiro atoms. The first-order valence-electron chi connectivity index (χ1n) is 7.95. The highest BCUT2D eigenvalue weighted by Crippen LogP contribution is 2.25. The minimum Gasteiger partial charge on any atom is -0.374 e. The quantitative estimate of drug-likeness (QED) is 0.511. The molecule has 23 heavy (non-hydrogen) atoms. The van der Waals surface area contributed by atoms with Crippen molar-refractivity contribution in [1.82, 2.24) is 4.90 Å². The first-order chi connectivity index (χ1) is 11.1. The van der Waals surface area contributed by atoms with Gasteiger partial charge in [0.2, 0.25) is 0 Å². The lowest BCUT2D eigenvalue weighted by atomic mass is 10.1. The Hall–Kier alpha value is -1.54. The van der Waals surface area contributed by atoms with Gasteiger partial charge >= 0.3 is 8.80 Å². The second kappa shape index (κ2) is 7.83. The highest BCUT2D eigenvalue weighted by atomic mass is 28.4. The Kier molecular flexibility index (Phi) is 6.06. The molecule has 1 aromatic carbocycles. The molecule has 0 saturated carbocycles. The van der Waals surface area contributed by atoms with Gasteiger partial charge in [0.15, 0.2) is 0 Å². The van der Waals surface area contributed by atoms with E-state index in [9.17, 15) is 9.59 Å². The van der Waals surface area contributed by atoms with Crippen LogP contribution in [0.15, 0.2) is 24.3 Å². The van der Waals surface area contributed by atoms with Gasteiger partial charge in [-0.15, -0.1) is 0 Å². The van der Waals surface area contributed by atoms with Crippen molar-refractivity contribution in [2.45, 2.75) is 26.8 Å². The maximum absolute atomic E-state index is 12.4. The number of nitrogens with zero attached hydrogens (tertiary/aromatic N) is 1. The zero-order valence-corrected chi connectivity index (χ0v) is 14.8. The largest absolute Gasteiger partial charge is 0.502 e. The molecule has 126 valence electrons. The smallest absolute Gasteiger partial charge is 0.374 e. The van der Waals surface area contributed by atoms with Crippen LogP contribution in [0.4, 0.5) is 0 Å². The number of imide groups is 1. The van der Waals surface area contributed by atoms with Gasteiger partial charge in [-0.1, -0.05) is 12.1 Å². The molecule has 2 rings (SSSR count). The molecule has 1 aliphatic heterocycles. The van der Waals surface area contributed by atoms with Crippen LogP contribution in [0.1, 0.15) is 41.5 Å². The van der Waals surface area contributed by atoms with Crippen LogP contribution in [0.2, 0.25) is 6.04 Å². The number of benzene rings is 1. The standard InChI is InChI=1S/C16H23NO5Si/c1-4-20-23(21-5-2,22-6-3)12-11-17-15(18)13-9-7-8-10-14(13)16(17)19/h7-10H,4-6,11-12H2,1-3H3. The average Bonchev–Trinajstić information content (AvgIpc) is 2.78. The van der Waals surface area contributed by atoms with Gasteiger partial charge in [-0.05, 0) is 32.9 Å². The topological polar surface area (TPSA) is 65.1 Å². The van der Waals surface area contributed by atoms with Crippen molar-refractivity contribution in [1.29, 1.82) is 0 Å². The Balaban J connectivity index is 2.12. The van der Waals surface area contributed by atoms with E-state index in [2.05, 4.69) is 0 Å². The van der Waals surface area contributed by atoms with Crippen LogP contribution in [0.5, 0.6) is 0 Å². The predicted octanol–water partition coefficient (Wildman–Crippen LogP) is 2.33. The summed E-state index contributed by atoms with van der Waals surface area (Å²) in [4.78, 5) is 26.0. The van der Waals surface area contributed by atoms with Gasteiger partial charge in [-0.25, -0.2) is 0 Å². The number of amides is 2. The molecule has 0 atom stereocenters. The molecule has 0 unspecified atom stereocenters. The molecule has 0 saturated heterocycles. The zero-order chi connectivity index (χ0) is 16.9. The Morgan fingerprint density at radius 1 is 0.870 bits per heavy atom. The Labute approximate surface area is 137 Å². The van der Waals surface area contributed by atoms with Gasteiger partial charge in [0, 0.05) is 32.4 Å². The predicted molar refractivity (Wildman–Crippen MR) is 87.2 cm³/mol. The highest BCUT2D eigenvalue weighted by Gasteiger charge is 2.43. The summed E-state index contributed by atoms with van der Waals surface area (Å²) in [5, 5.41) is 0. The van der Waals surface area contributed by atoms with Gasteiger partial charge in [0.05, 0.1) is 11.1 Å². The van der Waals surface area contributed by atoms with Crippen molar-refractivity contribution >= 4 is 20.6 Å². The van der Waals surface area contributed by atoms with E-state index < -0.39 is 8.80 Å². The van der Waals surface area contributed by atoms with Gasteiger partial charge < -0.3 is 13.3 Å². The molecule has 1 aromatic rings. The molecule has 1 aliphatic rings. The van der Waals surface area contributed by atoms with Crippen LogP contribution in [-0.2, 0) is 13.3 Å². The molecule has 6 nitrogen and oxygen atoms in total. The maximum atomic E-state index is 12.4. The molecule has 7 heteroatoms. The Morgan fingerprint density at radius 2 is 1.30 bits per heavy atom. The van der Waals surface area contributed by atoms with E-state index in [1.807, 2.05) is 20.8 Å². The monoisotopic (exact) mass is 337 g/mol. The van der Waals surface area contributed by atoms with Crippen LogP contribution in [0.3, 0.4) is 0 Å². The normalized spacial score (nSPS) is 14.5. The fourth-order valence-electron chi connectivity index (χ4n) is 2.69. The van der Waals surface area contributed by atoms with Gasteiger partial charge in [0.1, 0.15) is 0 Å². The summed E-state index contributed by atoms with van der Waals surface area (Å²) in [5.74, 6) is -0.531. The number of carbonyl (C=O) groups excluding carboxylic acids is 2. The number of hydrogen-bond acceptors (Lipinski definition) is 5. The Morgan fingerprint density at radius 3 is 1.70 bits per heavy atom. The molecule has 0 bridgehead atoms. The van der Waals surface area contributed by atoms with Gasteiger partial charge in [0.25, 0.3) is 11.8 Å². The lowest BCUT2D eigenvalue weighted by molar-refractivity contribution is 0.0593. The van der Waals surface area contributed by atoms with Crippen LogP contribution in [0.25, 0.3) is 0 Å². The van der Waals surface area contributed by atoms with Crippen LogP contribution < -0.4 is 0 Å². The van der Waals surface area contributed by atoms with Crippen LogP contribution in [-0.4, -0.2) is 51.9 Å². The first kappa shape index (κ1) is 17.8. The SMILES string of the molecule is CCO[Si](CCN1C(=O)c2ccccc2C1=O)(OCC)OCC. The minimum atomic E-state index is -2.87. The molecule has 2 amide bonds. The summed E-state index contributed by atoms with van der Waals surface area (Å²) in [5.41, 5.74) is 0.906. The summed E-state index contributed by atoms with van der Waals surface area (Å²) >= 11 is 0. The summed E-state index contributed by atoms with van der Waals surface area (Å²) < 4.78 is 17.3. The molecule has 0 aliphatic carbocycles. The molecule has 1 heterocycles. The summed E-state index contributed by atoms with van der Waals surface area (Å²) in [7, 11) is -2.87. The number of hydrogen-bond donors (Lipinski definition) is 0. The summed E-state index contributed by atoms with van der Waals surface area (Å²) in [6, 6.07) is 7.26. The summed E-state index contributed by atoms with van der Waals surface area (Å²) in [6.07, 6.45) is 0. The van der Waals surface area contributed by atoms with E-state index in [0.717, 1.165) is 0 Å².